The molecular weight excluding hydrogens is 297 g/mol. The molecule has 0 bridgehead atoms. The molecule has 1 saturated heterocycles. The van der Waals surface area contributed by atoms with Crippen LogP contribution >= 0.6 is 23.2 Å². The molecule has 1 heterocycles. The number of ether oxygens (including phenoxy) is 1. The van der Waals surface area contributed by atoms with E-state index in [2.05, 4.69) is 11.8 Å². The summed E-state index contributed by atoms with van der Waals surface area (Å²) in [4.78, 5) is 14.3. The number of benzene rings is 1. The lowest BCUT2D eigenvalue weighted by atomic mass is 10.0. The normalized spacial score (nSPS) is 19.9. The summed E-state index contributed by atoms with van der Waals surface area (Å²) >= 11 is 11.9. The maximum Gasteiger partial charge on any atom is 0.339 e. The highest BCUT2D eigenvalue weighted by Crippen LogP contribution is 2.26. The van der Waals surface area contributed by atoms with Crippen LogP contribution in [0.3, 0.4) is 0 Å². The number of esters is 1. The van der Waals surface area contributed by atoms with Crippen molar-refractivity contribution in [3.8, 4) is 0 Å². The third-order valence-electron chi connectivity index (χ3n) is 3.72. The van der Waals surface area contributed by atoms with Gasteiger partial charge in [-0.15, -0.1) is 0 Å². The molecule has 5 heteroatoms. The first-order valence-electron chi connectivity index (χ1n) is 6.95. The molecule has 0 aromatic heterocycles. The van der Waals surface area contributed by atoms with Gasteiger partial charge in [0.1, 0.15) is 6.61 Å². The molecule has 1 aromatic carbocycles. The quantitative estimate of drug-likeness (QED) is 0.786. The van der Waals surface area contributed by atoms with E-state index in [1.807, 2.05) is 0 Å². The zero-order valence-corrected chi connectivity index (χ0v) is 13.1. The molecule has 0 radical (unpaired) electrons. The number of hydrogen-bond donors (Lipinski definition) is 0. The topological polar surface area (TPSA) is 29.5 Å². The summed E-state index contributed by atoms with van der Waals surface area (Å²) in [5.74, 6) is -0.415. The second-order valence-electron chi connectivity index (χ2n) is 5.12. The molecule has 20 heavy (non-hydrogen) atoms. The number of halogens is 2. The first kappa shape index (κ1) is 15.6. The summed E-state index contributed by atoms with van der Waals surface area (Å²) in [6.07, 6.45) is 3.72. The zero-order chi connectivity index (χ0) is 14.5. The van der Waals surface area contributed by atoms with Crippen molar-refractivity contribution in [2.24, 2.45) is 0 Å². The first-order valence-corrected chi connectivity index (χ1v) is 7.70. The molecule has 1 aliphatic heterocycles. The Morgan fingerprint density at radius 3 is 2.95 bits per heavy atom. The molecule has 110 valence electrons. The van der Waals surface area contributed by atoms with Gasteiger partial charge in [-0.1, -0.05) is 35.7 Å². The van der Waals surface area contributed by atoms with Gasteiger partial charge in [-0.2, -0.15) is 0 Å². The summed E-state index contributed by atoms with van der Waals surface area (Å²) in [7, 11) is 0. The monoisotopic (exact) mass is 315 g/mol. The van der Waals surface area contributed by atoms with Crippen molar-refractivity contribution < 1.29 is 9.53 Å². The zero-order valence-electron chi connectivity index (χ0n) is 11.6. The number of nitrogens with zero attached hydrogens (tertiary/aromatic N) is 1. The summed E-state index contributed by atoms with van der Waals surface area (Å²) in [5, 5.41) is 0.622. The minimum Gasteiger partial charge on any atom is -0.461 e. The lowest BCUT2D eigenvalue weighted by Gasteiger charge is -2.32. The molecule has 0 aliphatic carbocycles. The van der Waals surface area contributed by atoms with Crippen LogP contribution in [0.2, 0.25) is 10.0 Å². The first-order chi connectivity index (χ1) is 9.59. The van der Waals surface area contributed by atoms with E-state index in [0.717, 1.165) is 13.1 Å². The Morgan fingerprint density at radius 2 is 2.20 bits per heavy atom. The van der Waals surface area contributed by atoms with Gasteiger partial charge in [0.2, 0.25) is 0 Å². The van der Waals surface area contributed by atoms with Crippen molar-refractivity contribution >= 4 is 29.2 Å². The van der Waals surface area contributed by atoms with Gasteiger partial charge in [-0.3, -0.25) is 4.90 Å². The van der Waals surface area contributed by atoms with Crippen molar-refractivity contribution in [2.45, 2.75) is 32.2 Å². The molecule has 1 atom stereocenters. The van der Waals surface area contributed by atoms with Crippen LogP contribution in [0.15, 0.2) is 18.2 Å². The molecular formula is C15H19Cl2NO2. The van der Waals surface area contributed by atoms with Crippen LogP contribution in [-0.2, 0) is 4.74 Å². The Labute approximate surface area is 129 Å². The highest BCUT2D eigenvalue weighted by Gasteiger charge is 2.19. The van der Waals surface area contributed by atoms with E-state index in [4.69, 9.17) is 27.9 Å². The summed E-state index contributed by atoms with van der Waals surface area (Å²) in [5.41, 5.74) is 0.325. The summed E-state index contributed by atoms with van der Waals surface area (Å²) < 4.78 is 5.29. The van der Waals surface area contributed by atoms with Gasteiger partial charge in [0.25, 0.3) is 0 Å². The fourth-order valence-corrected chi connectivity index (χ4v) is 2.86. The van der Waals surface area contributed by atoms with Gasteiger partial charge in [0.05, 0.1) is 15.6 Å². The number of hydrogen-bond acceptors (Lipinski definition) is 3. The predicted octanol–water partition coefficient (Wildman–Crippen LogP) is 4.02. The number of rotatable bonds is 4. The average molecular weight is 316 g/mol. The molecule has 0 N–H and O–H groups in total. The summed E-state index contributed by atoms with van der Waals surface area (Å²) in [6.45, 7) is 4.45. The highest BCUT2D eigenvalue weighted by atomic mass is 35.5. The number of carbonyl (C=O) groups is 1. The lowest BCUT2D eigenvalue weighted by Crippen LogP contribution is -2.39. The van der Waals surface area contributed by atoms with E-state index in [9.17, 15) is 4.79 Å². The van der Waals surface area contributed by atoms with Gasteiger partial charge in [-0.25, -0.2) is 4.79 Å². The van der Waals surface area contributed by atoms with Crippen molar-refractivity contribution in [2.75, 3.05) is 19.7 Å². The number of likely N-dealkylation sites (tertiary alicyclic amines) is 1. The third-order valence-corrected chi connectivity index (χ3v) is 4.54. The van der Waals surface area contributed by atoms with E-state index < -0.39 is 5.97 Å². The van der Waals surface area contributed by atoms with Crippen LogP contribution in [0, 0.1) is 0 Å². The van der Waals surface area contributed by atoms with E-state index >= 15 is 0 Å². The molecule has 3 nitrogen and oxygen atoms in total. The highest BCUT2D eigenvalue weighted by molar-refractivity contribution is 6.43. The van der Waals surface area contributed by atoms with E-state index in [-0.39, 0.29) is 5.02 Å². The smallest absolute Gasteiger partial charge is 0.339 e. The second kappa shape index (κ2) is 7.30. The van der Waals surface area contributed by atoms with Crippen molar-refractivity contribution in [1.82, 2.24) is 4.90 Å². The van der Waals surface area contributed by atoms with Gasteiger partial charge in [0, 0.05) is 12.6 Å². The Morgan fingerprint density at radius 1 is 1.40 bits per heavy atom. The second-order valence-corrected chi connectivity index (χ2v) is 5.90. The van der Waals surface area contributed by atoms with Crippen LogP contribution in [0.25, 0.3) is 0 Å². The Kier molecular flexibility index (Phi) is 5.70. The van der Waals surface area contributed by atoms with Gasteiger partial charge >= 0.3 is 5.97 Å². The SMILES string of the molecule is CC1CCCCN1CCOC(=O)c1cccc(Cl)c1Cl. The molecule has 1 aromatic rings. The predicted molar refractivity (Wildman–Crippen MR) is 81.6 cm³/mol. The molecule has 0 saturated carbocycles. The molecule has 2 rings (SSSR count). The van der Waals surface area contributed by atoms with E-state index in [0.29, 0.717) is 23.2 Å². The van der Waals surface area contributed by atoms with E-state index in [1.54, 1.807) is 18.2 Å². The van der Waals surface area contributed by atoms with Crippen LogP contribution in [0.5, 0.6) is 0 Å². The summed E-state index contributed by atoms with van der Waals surface area (Å²) in [6, 6.07) is 5.53. The molecule has 0 spiro atoms. The third kappa shape index (κ3) is 3.87. The number of piperidine rings is 1. The minimum absolute atomic E-state index is 0.255. The Bertz CT molecular complexity index is 479. The maximum atomic E-state index is 12.0. The van der Waals surface area contributed by atoms with Gasteiger partial charge in [0.15, 0.2) is 0 Å². The lowest BCUT2D eigenvalue weighted by molar-refractivity contribution is 0.0416. The van der Waals surface area contributed by atoms with Crippen molar-refractivity contribution in [3.63, 3.8) is 0 Å². The molecule has 0 amide bonds. The average Bonchev–Trinajstić information content (AvgIpc) is 2.44. The Balaban J connectivity index is 1.84. The maximum absolute atomic E-state index is 12.0. The number of carbonyl (C=O) groups excluding carboxylic acids is 1. The molecule has 1 fully saturated rings. The standard InChI is InChI=1S/C15H19Cl2NO2/c1-11-5-2-3-8-18(11)9-10-20-15(19)12-6-4-7-13(16)14(12)17/h4,6-7,11H,2-3,5,8-10H2,1H3. The van der Waals surface area contributed by atoms with Gasteiger partial charge < -0.3 is 4.74 Å². The van der Waals surface area contributed by atoms with Crippen molar-refractivity contribution in [1.29, 1.82) is 0 Å². The molecule has 1 aliphatic rings. The van der Waals surface area contributed by atoms with Gasteiger partial charge in [-0.05, 0) is 38.4 Å². The minimum atomic E-state index is -0.415. The molecule has 1 unspecified atom stereocenters. The van der Waals surface area contributed by atoms with Crippen LogP contribution < -0.4 is 0 Å². The van der Waals surface area contributed by atoms with Crippen LogP contribution in [0.1, 0.15) is 36.5 Å². The van der Waals surface area contributed by atoms with E-state index in [1.165, 1.54) is 19.3 Å². The fourth-order valence-electron chi connectivity index (χ4n) is 2.48. The van der Waals surface area contributed by atoms with Crippen LogP contribution in [0.4, 0.5) is 0 Å². The Hall–Kier alpha value is -0.770. The fraction of sp³-hybridized carbons (Fsp3) is 0.533. The largest absolute Gasteiger partial charge is 0.461 e. The van der Waals surface area contributed by atoms with Crippen LogP contribution in [-0.4, -0.2) is 36.6 Å². The van der Waals surface area contributed by atoms with Crippen molar-refractivity contribution in [3.05, 3.63) is 33.8 Å².